The topological polar surface area (TPSA) is 98.3 Å². The molecule has 0 bridgehead atoms. The van der Waals surface area contributed by atoms with Gasteiger partial charge in [-0.3, -0.25) is 14.9 Å². The Bertz CT molecular complexity index is 526. The lowest BCUT2D eigenvalue weighted by molar-refractivity contribution is -0.383. The standard InChI is InChI=1S/C12H15N3O3/c1-6(2)3-8-7-4-9(13)11(15(17)18)5-10(7)14-12(8)16/h4-6,8H,3,13H2,1-2H3,(H,14,16). The van der Waals surface area contributed by atoms with Crippen LogP contribution in [0.4, 0.5) is 17.1 Å². The fourth-order valence-electron chi connectivity index (χ4n) is 2.24. The number of nitro benzene ring substituents is 1. The van der Waals surface area contributed by atoms with Gasteiger partial charge in [-0.15, -0.1) is 0 Å². The first-order chi connectivity index (χ1) is 8.40. The molecule has 0 spiro atoms. The predicted octanol–water partition coefficient (Wildman–Crippen LogP) is 2.26. The fourth-order valence-corrected chi connectivity index (χ4v) is 2.24. The van der Waals surface area contributed by atoms with Crippen molar-refractivity contribution in [2.75, 3.05) is 11.1 Å². The number of fused-ring (bicyclic) bond motifs is 1. The van der Waals surface area contributed by atoms with Crippen LogP contribution in [0.5, 0.6) is 0 Å². The molecule has 0 radical (unpaired) electrons. The summed E-state index contributed by atoms with van der Waals surface area (Å²) in [5.74, 6) is -0.00943. The number of hydrogen-bond acceptors (Lipinski definition) is 4. The monoisotopic (exact) mass is 249 g/mol. The van der Waals surface area contributed by atoms with Gasteiger partial charge in [0.25, 0.3) is 5.69 Å². The minimum Gasteiger partial charge on any atom is -0.393 e. The highest BCUT2D eigenvalue weighted by Crippen LogP contribution is 2.40. The lowest BCUT2D eigenvalue weighted by Gasteiger charge is -2.11. The van der Waals surface area contributed by atoms with E-state index in [1.807, 2.05) is 13.8 Å². The Kier molecular flexibility index (Phi) is 2.94. The van der Waals surface area contributed by atoms with Gasteiger partial charge in [-0.25, -0.2) is 0 Å². The smallest absolute Gasteiger partial charge is 0.294 e. The molecule has 1 amide bonds. The highest BCUT2D eigenvalue weighted by Gasteiger charge is 2.33. The molecule has 1 heterocycles. The number of nitrogens with one attached hydrogen (secondary N) is 1. The number of nitrogens with two attached hydrogens (primary N) is 1. The maximum atomic E-state index is 11.8. The summed E-state index contributed by atoms with van der Waals surface area (Å²) in [5, 5.41) is 13.5. The van der Waals surface area contributed by atoms with Crippen LogP contribution in [0, 0.1) is 16.0 Å². The molecule has 6 nitrogen and oxygen atoms in total. The van der Waals surface area contributed by atoms with Gasteiger partial charge in [0.05, 0.1) is 16.5 Å². The van der Waals surface area contributed by atoms with Crippen molar-refractivity contribution in [1.29, 1.82) is 0 Å². The molecule has 1 aromatic carbocycles. The summed E-state index contributed by atoms with van der Waals surface area (Å²) < 4.78 is 0. The maximum Gasteiger partial charge on any atom is 0.294 e. The van der Waals surface area contributed by atoms with Crippen molar-refractivity contribution in [3.8, 4) is 0 Å². The molecule has 1 aliphatic rings. The molecule has 3 N–H and O–H groups in total. The average Bonchev–Trinajstić information content (AvgIpc) is 2.54. The third-order valence-electron chi connectivity index (χ3n) is 3.05. The van der Waals surface area contributed by atoms with E-state index < -0.39 is 4.92 Å². The van der Waals surface area contributed by atoms with Gasteiger partial charge in [0, 0.05) is 6.07 Å². The molecule has 0 aliphatic carbocycles. The van der Waals surface area contributed by atoms with E-state index >= 15 is 0 Å². The van der Waals surface area contributed by atoms with Crippen LogP contribution >= 0.6 is 0 Å². The molecule has 6 heteroatoms. The van der Waals surface area contributed by atoms with Crippen LogP contribution in [0.2, 0.25) is 0 Å². The summed E-state index contributed by atoms with van der Waals surface area (Å²) in [6, 6.07) is 2.88. The van der Waals surface area contributed by atoms with E-state index in [0.29, 0.717) is 18.0 Å². The number of carbonyl (C=O) groups is 1. The van der Waals surface area contributed by atoms with Gasteiger partial charge in [-0.1, -0.05) is 13.8 Å². The highest BCUT2D eigenvalue weighted by molar-refractivity contribution is 6.04. The minimum atomic E-state index is -0.544. The van der Waals surface area contributed by atoms with E-state index in [9.17, 15) is 14.9 Å². The molecule has 1 aliphatic heterocycles. The lowest BCUT2D eigenvalue weighted by Crippen LogP contribution is -2.13. The number of nitro groups is 1. The van der Waals surface area contributed by atoms with Gasteiger partial charge in [-0.2, -0.15) is 0 Å². The third-order valence-corrected chi connectivity index (χ3v) is 3.05. The molecule has 1 atom stereocenters. The third kappa shape index (κ3) is 2.01. The van der Waals surface area contributed by atoms with E-state index in [1.165, 1.54) is 6.07 Å². The molecule has 0 aromatic heterocycles. The Morgan fingerprint density at radius 1 is 1.50 bits per heavy atom. The summed E-state index contributed by atoms with van der Waals surface area (Å²) in [4.78, 5) is 22.1. The fraction of sp³-hybridized carbons (Fsp3) is 0.417. The largest absolute Gasteiger partial charge is 0.393 e. The minimum absolute atomic E-state index is 0.101. The molecular weight excluding hydrogens is 234 g/mol. The van der Waals surface area contributed by atoms with Crippen LogP contribution in [0.3, 0.4) is 0 Å². The molecule has 1 unspecified atom stereocenters. The van der Waals surface area contributed by atoms with Crippen LogP contribution in [0.1, 0.15) is 31.7 Å². The van der Waals surface area contributed by atoms with Crippen molar-refractivity contribution in [3.05, 3.63) is 27.8 Å². The Hall–Kier alpha value is -2.11. The second kappa shape index (κ2) is 4.29. The van der Waals surface area contributed by atoms with Gasteiger partial charge in [-0.05, 0) is 24.0 Å². The molecule has 0 saturated heterocycles. The number of nitrogens with zero attached hydrogens (tertiary/aromatic N) is 1. The van der Waals surface area contributed by atoms with Crippen LogP contribution in [0.25, 0.3) is 0 Å². The second-order valence-electron chi connectivity index (χ2n) is 4.93. The molecule has 0 saturated carbocycles. The zero-order valence-corrected chi connectivity index (χ0v) is 10.3. The van der Waals surface area contributed by atoms with Gasteiger partial charge in [0.15, 0.2) is 0 Å². The van der Waals surface area contributed by atoms with Crippen LogP contribution < -0.4 is 11.1 Å². The Labute approximate surface area is 104 Å². The van der Waals surface area contributed by atoms with Crippen molar-refractivity contribution in [1.82, 2.24) is 0 Å². The summed E-state index contributed by atoms with van der Waals surface area (Å²) in [6.07, 6.45) is 0.704. The van der Waals surface area contributed by atoms with E-state index in [4.69, 9.17) is 5.73 Å². The van der Waals surface area contributed by atoms with Crippen LogP contribution in [-0.2, 0) is 4.79 Å². The van der Waals surface area contributed by atoms with E-state index in [2.05, 4.69) is 5.32 Å². The summed E-state index contributed by atoms with van der Waals surface area (Å²) >= 11 is 0. The first-order valence-corrected chi connectivity index (χ1v) is 5.78. The van der Waals surface area contributed by atoms with Gasteiger partial charge < -0.3 is 11.1 Å². The molecule has 18 heavy (non-hydrogen) atoms. The number of anilines is 2. The summed E-state index contributed by atoms with van der Waals surface area (Å²) in [7, 11) is 0. The summed E-state index contributed by atoms with van der Waals surface area (Å²) in [5.41, 5.74) is 6.85. The number of hydrogen-bond donors (Lipinski definition) is 2. The van der Waals surface area contributed by atoms with Crippen molar-refractivity contribution >= 4 is 23.0 Å². The van der Waals surface area contributed by atoms with Gasteiger partial charge in [0.2, 0.25) is 5.91 Å². The van der Waals surface area contributed by atoms with E-state index in [-0.39, 0.29) is 23.2 Å². The average molecular weight is 249 g/mol. The van der Waals surface area contributed by atoms with Gasteiger partial charge >= 0.3 is 0 Å². The number of benzene rings is 1. The Balaban J connectivity index is 2.45. The SMILES string of the molecule is CC(C)CC1C(=O)Nc2cc([N+](=O)[O-])c(N)cc21. The number of rotatable bonds is 3. The second-order valence-corrected chi connectivity index (χ2v) is 4.93. The molecule has 1 aromatic rings. The van der Waals surface area contributed by atoms with Crippen molar-refractivity contribution in [2.24, 2.45) is 5.92 Å². The van der Waals surface area contributed by atoms with E-state index in [1.54, 1.807) is 6.07 Å². The Morgan fingerprint density at radius 2 is 2.17 bits per heavy atom. The quantitative estimate of drug-likeness (QED) is 0.487. The van der Waals surface area contributed by atoms with Crippen LogP contribution in [0.15, 0.2) is 12.1 Å². The predicted molar refractivity (Wildman–Crippen MR) is 68.3 cm³/mol. The molecule has 0 fully saturated rings. The zero-order chi connectivity index (χ0) is 13.4. The number of nitrogen functional groups attached to an aromatic ring is 1. The maximum absolute atomic E-state index is 11.8. The first kappa shape index (κ1) is 12.3. The molecule has 2 rings (SSSR count). The van der Waals surface area contributed by atoms with Crippen LogP contribution in [-0.4, -0.2) is 10.8 Å². The highest BCUT2D eigenvalue weighted by atomic mass is 16.6. The zero-order valence-electron chi connectivity index (χ0n) is 10.3. The van der Waals surface area contributed by atoms with Gasteiger partial charge in [0.1, 0.15) is 5.69 Å². The Morgan fingerprint density at radius 3 is 2.72 bits per heavy atom. The van der Waals surface area contributed by atoms with E-state index in [0.717, 1.165) is 5.56 Å². The first-order valence-electron chi connectivity index (χ1n) is 5.78. The summed E-state index contributed by atoms with van der Waals surface area (Å²) in [6.45, 7) is 4.06. The van der Waals surface area contributed by atoms with Crippen molar-refractivity contribution in [2.45, 2.75) is 26.2 Å². The lowest BCUT2D eigenvalue weighted by atomic mass is 9.91. The normalized spacial score (nSPS) is 17.7. The molecular formula is C12H15N3O3. The van der Waals surface area contributed by atoms with Crippen molar-refractivity contribution in [3.63, 3.8) is 0 Å². The number of amides is 1. The molecule has 96 valence electrons. The number of carbonyl (C=O) groups excluding carboxylic acids is 1. The van der Waals surface area contributed by atoms with Crippen molar-refractivity contribution < 1.29 is 9.72 Å².